The van der Waals surface area contributed by atoms with Crippen LogP contribution in [0.1, 0.15) is 76.2 Å². The smallest absolute Gasteiger partial charge is 0.407 e. The first-order valence-electron chi connectivity index (χ1n) is 15.2. The van der Waals surface area contributed by atoms with Gasteiger partial charge in [0.1, 0.15) is 5.60 Å². The zero-order valence-electron chi connectivity index (χ0n) is 26.9. The van der Waals surface area contributed by atoms with Gasteiger partial charge in [-0.15, -0.1) is 0 Å². The number of ether oxygens (including phenoxy) is 1. The summed E-state index contributed by atoms with van der Waals surface area (Å²) in [4.78, 5) is 72.7. The van der Waals surface area contributed by atoms with Crippen molar-refractivity contribution in [1.82, 2.24) is 24.0 Å². The maximum atomic E-state index is 14.1. The molecule has 0 spiro atoms. The van der Waals surface area contributed by atoms with Crippen LogP contribution in [0.2, 0.25) is 0 Å². The van der Waals surface area contributed by atoms with Gasteiger partial charge in [-0.3, -0.25) is 23.5 Å². The van der Waals surface area contributed by atoms with Crippen molar-refractivity contribution in [3.05, 3.63) is 61.8 Å². The Morgan fingerprint density at radius 3 is 2.58 bits per heavy atom. The van der Waals surface area contributed by atoms with E-state index < -0.39 is 41.2 Å². The number of para-hydroxylation sites is 1. The van der Waals surface area contributed by atoms with Crippen molar-refractivity contribution in [3.63, 3.8) is 0 Å². The predicted molar refractivity (Wildman–Crippen MR) is 171 cm³/mol. The van der Waals surface area contributed by atoms with Crippen LogP contribution in [0.15, 0.2) is 39.4 Å². The number of amides is 2. The molecular formula is C32H41N7O6. The van der Waals surface area contributed by atoms with Crippen LogP contribution in [0.4, 0.5) is 16.4 Å². The standard InChI is InChI=1S/C32H41N7O6/c1-18(2)13-15-38-25-26(35-29(38)37-14-9-10-20(16-37)33-30(43)45-32(4,5)6)36(7)31(44)39(28(25)42)17-23(40)22-12-8-11-21-19(3)27(41)34-24(21)22/h8,11-13,19-20H,9-10,14-17H2,1-7H3,(H,33,43)(H,34,41). The first-order valence-corrected chi connectivity index (χ1v) is 15.2. The molecule has 0 radical (unpaired) electrons. The number of fused-ring (bicyclic) bond motifs is 2. The number of nitrogens with zero attached hydrogens (tertiary/aromatic N) is 5. The first-order chi connectivity index (χ1) is 21.2. The van der Waals surface area contributed by atoms with Gasteiger partial charge in [0.05, 0.1) is 18.2 Å². The Hall–Kier alpha value is -4.68. The molecule has 2 N–H and O–H groups in total. The molecule has 4 heterocycles. The number of hydrogen-bond donors (Lipinski definition) is 2. The Balaban J connectivity index is 1.54. The summed E-state index contributed by atoms with van der Waals surface area (Å²) in [6.07, 6.45) is 2.98. The molecule has 45 heavy (non-hydrogen) atoms. The lowest BCUT2D eigenvalue weighted by atomic mass is 9.98. The number of nitrogens with one attached hydrogen (secondary N) is 2. The summed E-state index contributed by atoms with van der Waals surface area (Å²) in [6.45, 7) is 11.9. The van der Waals surface area contributed by atoms with Crippen LogP contribution in [0, 0.1) is 0 Å². The number of benzene rings is 1. The summed E-state index contributed by atoms with van der Waals surface area (Å²) >= 11 is 0. The molecule has 2 aliphatic rings. The average Bonchev–Trinajstić information content (AvgIpc) is 3.49. The number of piperidine rings is 1. The van der Waals surface area contributed by atoms with Crippen LogP contribution in [0.3, 0.4) is 0 Å². The van der Waals surface area contributed by atoms with Gasteiger partial charge in [0.2, 0.25) is 11.9 Å². The Bertz CT molecular complexity index is 1840. The largest absolute Gasteiger partial charge is 0.444 e. The van der Waals surface area contributed by atoms with Crippen LogP contribution in [0.25, 0.3) is 11.2 Å². The molecule has 13 heteroatoms. The monoisotopic (exact) mass is 619 g/mol. The van der Waals surface area contributed by atoms with Crippen molar-refractivity contribution in [3.8, 4) is 0 Å². The van der Waals surface area contributed by atoms with E-state index in [-0.39, 0.29) is 28.7 Å². The molecule has 2 aromatic heterocycles. The molecule has 1 aromatic carbocycles. The minimum Gasteiger partial charge on any atom is -0.444 e. The van der Waals surface area contributed by atoms with Crippen molar-refractivity contribution in [2.45, 2.75) is 85.0 Å². The van der Waals surface area contributed by atoms with E-state index in [2.05, 4.69) is 10.6 Å². The number of carbonyl (C=O) groups is 3. The molecule has 2 amide bonds. The van der Waals surface area contributed by atoms with E-state index in [0.29, 0.717) is 36.8 Å². The lowest BCUT2D eigenvalue weighted by Crippen LogP contribution is -2.49. The van der Waals surface area contributed by atoms with E-state index in [1.807, 2.05) is 24.8 Å². The van der Waals surface area contributed by atoms with E-state index in [0.717, 1.165) is 23.0 Å². The van der Waals surface area contributed by atoms with Crippen LogP contribution in [-0.4, -0.2) is 61.2 Å². The van der Waals surface area contributed by atoms with Crippen molar-refractivity contribution in [2.75, 3.05) is 23.3 Å². The molecule has 240 valence electrons. The second kappa shape index (κ2) is 12.0. The first kappa shape index (κ1) is 31.7. The van der Waals surface area contributed by atoms with E-state index in [1.54, 1.807) is 50.5 Å². The highest BCUT2D eigenvalue weighted by atomic mass is 16.6. The zero-order valence-corrected chi connectivity index (χ0v) is 26.9. The number of ketones is 1. The maximum absolute atomic E-state index is 14.1. The molecule has 2 aliphatic heterocycles. The molecular weight excluding hydrogens is 578 g/mol. The molecule has 2 unspecified atom stereocenters. The number of anilines is 2. The molecule has 0 saturated carbocycles. The van der Waals surface area contributed by atoms with Crippen LogP contribution >= 0.6 is 0 Å². The highest BCUT2D eigenvalue weighted by Gasteiger charge is 2.32. The molecule has 2 atom stereocenters. The normalized spacial score (nSPS) is 18.0. The lowest BCUT2D eigenvalue weighted by molar-refractivity contribution is -0.116. The second-order valence-electron chi connectivity index (χ2n) is 13.0. The Labute approximate surface area is 260 Å². The van der Waals surface area contributed by atoms with Gasteiger partial charge < -0.3 is 24.8 Å². The van der Waals surface area contributed by atoms with Crippen molar-refractivity contribution < 1.29 is 19.1 Å². The molecule has 1 fully saturated rings. The number of aromatic nitrogens is 4. The topological polar surface area (TPSA) is 150 Å². The van der Waals surface area contributed by atoms with Gasteiger partial charge in [0.25, 0.3) is 5.56 Å². The lowest BCUT2D eigenvalue weighted by Gasteiger charge is -2.34. The van der Waals surface area contributed by atoms with E-state index >= 15 is 0 Å². The molecule has 3 aromatic rings. The predicted octanol–water partition coefficient (Wildman–Crippen LogP) is 3.29. The third-order valence-corrected chi connectivity index (χ3v) is 8.13. The number of aryl methyl sites for hydroxylation is 1. The summed E-state index contributed by atoms with van der Waals surface area (Å²) in [7, 11) is 1.53. The summed E-state index contributed by atoms with van der Waals surface area (Å²) in [5.74, 6) is -0.595. The fourth-order valence-corrected chi connectivity index (χ4v) is 5.84. The molecule has 0 aliphatic carbocycles. The molecule has 1 saturated heterocycles. The average molecular weight is 620 g/mol. The zero-order chi connectivity index (χ0) is 32.8. The maximum Gasteiger partial charge on any atom is 0.407 e. The summed E-state index contributed by atoms with van der Waals surface area (Å²) < 4.78 is 9.43. The third kappa shape index (κ3) is 6.29. The van der Waals surface area contributed by atoms with Gasteiger partial charge in [-0.05, 0) is 66.0 Å². The molecule has 5 rings (SSSR count). The van der Waals surface area contributed by atoms with Crippen LogP contribution in [0.5, 0.6) is 0 Å². The van der Waals surface area contributed by atoms with Gasteiger partial charge in [0, 0.05) is 38.3 Å². The minimum absolute atomic E-state index is 0.194. The number of allylic oxidation sites excluding steroid dienone is 2. The number of carbonyl (C=O) groups excluding carboxylic acids is 3. The number of imidazole rings is 1. The fraction of sp³-hybridized carbons (Fsp3) is 0.500. The van der Waals surface area contributed by atoms with Gasteiger partial charge in [0.15, 0.2) is 16.9 Å². The van der Waals surface area contributed by atoms with Crippen LogP contribution < -0.4 is 26.8 Å². The van der Waals surface area contributed by atoms with Gasteiger partial charge in [-0.25, -0.2) is 9.59 Å². The second-order valence-corrected chi connectivity index (χ2v) is 13.0. The summed E-state index contributed by atoms with van der Waals surface area (Å²) in [6, 6.07) is 4.85. The van der Waals surface area contributed by atoms with E-state index in [9.17, 15) is 24.0 Å². The minimum atomic E-state index is -0.674. The number of hydrogen-bond acceptors (Lipinski definition) is 8. The van der Waals surface area contributed by atoms with Gasteiger partial charge >= 0.3 is 11.8 Å². The van der Waals surface area contributed by atoms with Crippen LogP contribution in [-0.2, 0) is 29.7 Å². The highest BCUT2D eigenvalue weighted by molar-refractivity contribution is 6.11. The Morgan fingerprint density at radius 1 is 1.16 bits per heavy atom. The molecule has 13 nitrogen and oxygen atoms in total. The van der Waals surface area contributed by atoms with E-state index in [1.165, 1.54) is 11.6 Å². The Morgan fingerprint density at radius 2 is 1.89 bits per heavy atom. The third-order valence-electron chi connectivity index (χ3n) is 8.13. The highest BCUT2D eigenvalue weighted by Crippen LogP contribution is 2.35. The summed E-state index contributed by atoms with van der Waals surface area (Å²) in [5, 5.41) is 5.71. The van der Waals surface area contributed by atoms with Crippen molar-refractivity contribution in [1.29, 1.82) is 0 Å². The van der Waals surface area contributed by atoms with Gasteiger partial charge in [-0.1, -0.05) is 23.8 Å². The number of Topliss-reactive ketones (excluding diaryl/α,β-unsaturated/α-hetero) is 1. The fourth-order valence-electron chi connectivity index (χ4n) is 5.84. The van der Waals surface area contributed by atoms with E-state index in [4.69, 9.17) is 9.72 Å². The number of rotatable bonds is 7. The summed E-state index contributed by atoms with van der Waals surface area (Å²) in [5.41, 5.74) is 0.856. The number of alkyl carbamates (subject to hydrolysis) is 1. The quantitative estimate of drug-likeness (QED) is 0.302. The van der Waals surface area contributed by atoms with Crippen molar-refractivity contribution >= 4 is 40.6 Å². The Kier molecular flexibility index (Phi) is 8.47. The van der Waals surface area contributed by atoms with Gasteiger partial charge in [-0.2, -0.15) is 4.98 Å². The molecule has 0 bridgehead atoms. The SMILES string of the molecule is CC(C)=CCn1c(N2CCCC(NC(=O)OC(C)(C)C)C2)nc2c1c(=O)n(CC(=O)c1cccc3c1NC(=O)C3C)c(=O)n2C. The van der Waals surface area contributed by atoms with Crippen molar-refractivity contribution in [2.24, 2.45) is 7.05 Å².